The number of carbonyl (C=O) groups excluding carboxylic acids is 3. The number of halogens is 1. The van der Waals surface area contributed by atoms with E-state index in [1.807, 2.05) is 0 Å². The maximum atomic E-state index is 12.0. The van der Waals surface area contributed by atoms with Crippen molar-refractivity contribution >= 4 is 35.0 Å². The number of amides is 3. The maximum absolute atomic E-state index is 12.0. The van der Waals surface area contributed by atoms with Crippen LogP contribution in [0.3, 0.4) is 0 Å². The molecule has 1 aliphatic heterocycles. The zero-order valence-corrected chi connectivity index (χ0v) is 10.8. The monoisotopic (exact) mass is 282 g/mol. The predicted molar refractivity (Wildman–Crippen MR) is 67.3 cm³/mol. The average Bonchev–Trinajstić information content (AvgIpc) is 2.60. The number of likely N-dealkylation sites (N-methyl/N-ethyl adjacent to an activating group) is 1. The lowest BCUT2D eigenvalue weighted by atomic mass is 10.2. The number of imide groups is 1. The molecule has 0 aromatic carbocycles. The van der Waals surface area contributed by atoms with E-state index in [4.69, 9.17) is 17.3 Å². The van der Waals surface area contributed by atoms with Gasteiger partial charge in [-0.15, -0.1) is 0 Å². The van der Waals surface area contributed by atoms with Gasteiger partial charge >= 0.3 is 0 Å². The van der Waals surface area contributed by atoms with Crippen LogP contribution < -0.4 is 11.1 Å². The molecule has 3 amide bonds. The molecule has 100 valence electrons. The molecule has 3 N–H and O–H groups in total. The van der Waals surface area contributed by atoms with Crippen LogP contribution >= 0.6 is 11.6 Å². The predicted octanol–water partition coefficient (Wildman–Crippen LogP) is -0.196. The second-order valence-corrected chi connectivity index (χ2v) is 4.49. The molecule has 0 saturated carbocycles. The third-order valence-corrected chi connectivity index (χ3v) is 3.09. The Bertz CT molecular complexity index is 575. The van der Waals surface area contributed by atoms with Gasteiger partial charge in [0, 0.05) is 7.05 Å². The Kier molecular flexibility index (Phi) is 3.39. The van der Waals surface area contributed by atoms with Gasteiger partial charge in [0.05, 0.1) is 23.9 Å². The Morgan fingerprint density at radius 3 is 2.84 bits per heavy atom. The summed E-state index contributed by atoms with van der Waals surface area (Å²) in [6.45, 7) is 0. The molecule has 0 aliphatic carbocycles. The fourth-order valence-electron chi connectivity index (χ4n) is 1.73. The van der Waals surface area contributed by atoms with Gasteiger partial charge in [-0.2, -0.15) is 0 Å². The molecule has 1 unspecified atom stereocenters. The van der Waals surface area contributed by atoms with Crippen molar-refractivity contribution in [1.29, 1.82) is 0 Å². The van der Waals surface area contributed by atoms with Gasteiger partial charge in [0.1, 0.15) is 11.2 Å². The van der Waals surface area contributed by atoms with Gasteiger partial charge in [0.2, 0.25) is 5.91 Å². The first-order valence-electron chi connectivity index (χ1n) is 5.42. The molecular formula is C11H11ClN4O3. The molecule has 0 bridgehead atoms. The molecule has 1 atom stereocenters. The van der Waals surface area contributed by atoms with Gasteiger partial charge in [-0.05, 0) is 6.07 Å². The van der Waals surface area contributed by atoms with E-state index in [2.05, 4.69) is 10.3 Å². The van der Waals surface area contributed by atoms with Crippen LogP contribution in [-0.4, -0.2) is 40.7 Å². The number of anilines is 1. The van der Waals surface area contributed by atoms with E-state index in [-0.39, 0.29) is 28.7 Å². The van der Waals surface area contributed by atoms with Gasteiger partial charge in [0.15, 0.2) is 0 Å². The summed E-state index contributed by atoms with van der Waals surface area (Å²) >= 11 is 5.78. The van der Waals surface area contributed by atoms with E-state index in [0.29, 0.717) is 0 Å². The normalized spacial score (nSPS) is 18.8. The topological polar surface area (TPSA) is 105 Å². The lowest BCUT2D eigenvalue weighted by molar-refractivity contribution is -0.137. The summed E-state index contributed by atoms with van der Waals surface area (Å²) in [4.78, 5) is 39.7. The summed E-state index contributed by atoms with van der Waals surface area (Å²) in [5, 5.41) is 2.43. The van der Waals surface area contributed by atoms with Gasteiger partial charge < -0.3 is 11.1 Å². The summed E-state index contributed by atoms with van der Waals surface area (Å²) in [5.74, 6) is -1.38. The SMILES string of the molecule is CN1C(=O)CC(NC(=O)c2cc(N)cnc2Cl)C1=O. The van der Waals surface area contributed by atoms with E-state index < -0.39 is 17.9 Å². The fraction of sp³-hybridized carbons (Fsp3) is 0.273. The van der Waals surface area contributed by atoms with Crippen LogP contribution in [0.1, 0.15) is 16.8 Å². The van der Waals surface area contributed by atoms with E-state index in [9.17, 15) is 14.4 Å². The summed E-state index contributed by atoms with van der Waals surface area (Å²) in [5.41, 5.74) is 5.86. The molecule has 1 aliphatic rings. The zero-order valence-electron chi connectivity index (χ0n) is 10.0. The average molecular weight is 283 g/mol. The van der Waals surface area contributed by atoms with E-state index >= 15 is 0 Å². The smallest absolute Gasteiger partial charge is 0.255 e. The minimum atomic E-state index is -0.873. The first-order chi connectivity index (χ1) is 8.90. The number of hydrogen-bond acceptors (Lipinski definition) is 5. The summed E-state index contributed by atoms with van der Waals surface area (Å²) in [6, 6.07) is 0.484. The highest BCUT2D eigenvalue weighted by molar-refractivity contribution is 6.32. The second kappa shape index (κ2) is 4.85. The maximum Gasteiger partial charge on any atom is 0.255 e. The third-order valence-electron chi connectivity index (χ3n) is 2.79. The molecule has 0 radical (unpaired) electrons. The molecule has 1 saturated heterocycles. The molecule has 7 nitrogen and oxygen atoms in total. The van der Waals surface area contributed by atoms with Crippen LogP contribution in [0.4, 0.5) is 5.69 Å². The highest BCUT2D eigenvalue weighted by Crippen LogP contribution is 2.17. The number of nitrogens with two attached hydrogens (primary N) is 1. The van der Waals surface area contributed by atoms with Crippen molar-refractivity contribution in [3.8, 4) is 0 Å². The Hall–Kier alpha value is -2.15. The van der Waals surface area contributed by atoms with Crippen LogP contribution in [0.25, 0.3) is 0 Å². The molecule has 2 heterocycles. The number of likely N-dealkylation sites (tertiary alicyclic amines) is 1. The number of nitrogens with one attached hydrogen (secondary N) is 1. The van der Waals surface area contributed by atoms with Crippen LogP contribution in [-0.2, 0) is 9.59 Å². The number of rotatable bonds is 2. The quantitative estimate of drug-likeness (QED) is 0.577. The molecule has 19 heavy (non-hydrogen) atoms. The number of hydrogen-bond donors (Lipinski definition) is 2. The van der Waals surface area contributed by atoms with Gasteiger partial charge in [-0.25, -0.2) is 4.98 Å². The van der Waals surface area contributed by atoms with Crippen LogP contribution in [0.15, 0.2) is 12.3 Å². The molecule has 1 fully saturated rings. The van der Waals surface area contributed by atoms with Crippen LogP contribution in [0.2, 0.25) is 5.15 Å². The van der Waals surface area contributed by atoms with Crippen molar-refractivity contribution in [1.82, 2.24) is 15.2 Å². The molecular weight excluding hydrogens is 272 g/mol. The van der Waals surface area contributed by atoms with Gasteiger partial charge in [-0.3, -0.25) is 19.3 Å². The van der Waals surface area contributed by atoms with Crippen LogP contribution in [0.5, 0.6) is 0 Å². The summed E-state index contributed by atoms with van der Waals surface area (Å²) in [6.07, 6.45) is 1.26. The number of carbonyl (C=O) groups is 3. The Morgan fingerprint density at radius 1 is 1.58 bits per heavy atom. The Morgan fingerprint density at radius 2 is 2.26 bits per heavy atom. The number of aromatic nitrogens is 1. The number of nitrogens with zero attached hydrogens (tertiary/aromatic N) is 2. The zero-order chi connectivity index (χ0) is 14.2. The molecule has 1 aromatic rings. The van der Waals surface area contributed by atoms with Crippen molar-refractivity contribution in [2.75, 3.05) is 12.8 Å². The minimum Gasteiger partial charge on any atom is -0.397 e. The van der Waals surface area contributed by atoms with Crippen LogP contribution in [0, 0.1) is 0 Å². The summed E-state index contributed by atoms with van der Waals surface area (Å²) < 4.78 is 0. The highest BCUT2D eigenvalue weighted by Gasteiger charge is 2.37. The first-order valence-corrected chi connectivity index (χ1v) is 5.80. The van der Waals surface area contributed by atoms with E-state index in [1.165, 1.54) is 19.3 Å². The Balaban J connectivity index is 2.16. The van der Waals surface area contributed by atoms with Crippen molar-refractivity contribution in [3.05, 3.63) is 23.0 Å². The van der Waals surface area contributed by atoms with Crippen molar-refractivity contribution in [3.63, 3.8) is 0 Å². The van der Waals surface area contributed by atoms with Gasteiger partial charge in [0.25, 0.3) is 11.8 Å². The first kappa shape index (κ1) is 13.3. The van der Waals surface area contributed by atoms with Crippen molar-refractivity contribution < 1.29 is 14.4 Å². The highest BCUT2D eigenvalue weighted by atomic mass is 35.5. The van der Waals surface area contributed by atoms with Gasteiger partial charge in [-0.1, -0.05) is 11.6 Å². The molecule has 8 heteroatoms. The number of nitrogen functional groups attached to an aromatic ring is 1. The second-order valence-electron chi connectivity index (χ2n) is 4.13. The lowest BCUT2D eigenvalue weighted by Crippen LogP contribution is -2.40. The third kappa shape index (κ3) is 2.50. The molecule has 2 rings (SSSR count). The lowest BCUT2D eigenvalue weighted by Gasteiger charge is -2.11. The van der Waals surface area contributed by atoms with E-state index in [1.54, 1.807) is 0 Å². The Labute approximate surface area is 113 Å². The largest absolute Gasteiger partial charge is 0.397 e. The minimum absolute atomic E-state index is 0.0168. The molecule has 0 spiro atoms. The molecule has 1 aromatic heterocycles. The summed E-state index contributed by atoms with van der Waals surface area (Å²) in [7, 11) is 1.37. The fourth-order valence-corrected chi connectivity index (χ4v) is 1.92. The van der Waals surface area contributed by atoms with E-state index in [0.717, 1.165) is 4.90 Å². The van der Waals surface area contributed by atoms with Crippen molar-refractivity contribution in [2.24, 2.45) is 0 Å². The van der Waals surface area contributed by atoms with Crippen molar-refractivity contribution in [2.45, 2.75) is 12.5 Å². The standard InChI is InChI=1S/C11H11ClN4O3/c1-16-8(17)3-7(11(16)19)15-10(18)6-2-5(13)4-14-9(6)12/h2,4,7H,3,13H2,1H3,(H,15,18). The number of pyridine rings is 1.